The summed E-state index contributed by atoms with van der Waals surface area (Å²) >= 11 is 0. The van der Waals surface area contributed by atoms with E-state index in [1.807, 2.05) is 13.8 Å². The van der Waals surface area contributed by atoms with Gasteiger partial charge in [0.05, 0.1) is 5.41 Å². The second-order valence-corrected chi connectivity index (χ2v) is 5.73. The van der Waals surface area contributed by atoms with Crippen LogP contribution in [0.2, 0.25) is 0 Å². The normalized spacial score (nSPS) is 15.2. The van der Waals surface area contributed by atoms with Crippen LogP contribution in [0.15, 0.2) is 0 Å². The smallest absolute Gasteiger partial charge is 0.407 e. The number of amides is 1. The van der Waals surface area contributed by atoms with Gasteiger partial charge in [-0.1, -0.05) is 13.8 Å². The van der Waals surface area contributed by atoms with Crippen molar-refractivity contribution in [2.24, 2.45) is 11.3 Å². The Labute approximate surface area is 103 Å². The molecule has 0 aliphatic heterocycles. The van der Waals surface area contributed by atoms with E-state index in [1.54, 1.807) is 27.7 Å². The first-order chi connectivity index (χ1) is 7.49. The molecule has 2 N–H and O–H groups in total. The number of ether oxygens (including phenoxy) is 1. The Hall–Kier alpha value is -1.26. The molecule has 0 aromatic rings. The summed E-state index contributed by atoms with van der Waals surface area (Å²) in [5.41, 5.74) is -1.57. The molecule has 1 unspecified atom stereocenters. The number of aliphatic carboxylic acids is 1. The number of nitrogens with one attached hydrogen (secondary N) is 1. The van der Waals surface area contributed by atoms with Crippen LogP contribution in [0.25, 0.3) is 0 Å². The Morgan fingerprint density at radius 2 is 1.71 bits per heavy atom. The van der Waals surface area contributed by atoms with Crippen LogP contribution in [0.4, 0.5) is 4.79 Å². The lowest BCUT2D eigenvalue weighted by molar-refractivity contribution is -0.150. The predicted octanol–water partition coefficient (Wildman–Crippen LogP) is 2.26. The quantitative estimate of drug-likeness (QED) is 0.796. The van der Waals surface area contributed by atoms with Crippen LogP contribution in [-0.4, -0.2) is 29.3 Å². The third-order valence-corrected chi connectivity index (χ3v) is 2.76. The first kappa shape index (κ1) is 15.7. The van der Waals surface area contributed by atoms with E-state index in [2.05, 4.69) is 5.32 Å². The molecule has 17 heavy (non-hydrogen) atoms. The highest BCUT2D eigenvalue weighted by Gasteiger charge is 2.37. The molecular formula is C12H23NO4. The zero-order valence-corrected chi connectivity index (χ0v) is 11.5. The fourth-order valence-corrected chi connectivity index (χ4v) is 1.10. The van der Waals surface area contributed by atoms with Crippen LogP contribution < -0.4 is 5.32 Å². The molecule has 0 aromatic heterocycles. The monoisotopic (exact) mass is 245 g/mol. The zero-order valence-electron chi connectivity index (χ0n) is 11.5. The lowest BCUT2D eigenvalue weighted by Gasteiger charge is -2.29. The van der Waals surface area contributed by atoms with Crippen molar-refractivity contribution in [3.8, 4) is 0 Å². The van der Waals surface area contributed by atoms with Gasteiger partial charge >= 0.3 is 12.1 Å². The van der Waals surface area contributed by atoms with Crippen LogP contribution in [0.3, 0.4) is 0 Å². The molecule has 0 aliphatic carbocycles. The summed E-state index contributed by atoms with van der Waals surface area (Å²) in [5.74, 6) is -1.02. The molecule has 0 heterocycles. The van der Waals surface area contributed by atoms with Crippen LogP contribution in [0, 0.1) is 11.3 Å². The predicted molar refractivity (Wildman–Crippen MR) is 64.8 cm³/mol. The average molecular weight is 245 g/mol. The molecule has 0 spiro atoms. The molecule has 0 aliphatic rings. The van der Waals surface area contributed by atoms with Crippen LogP contribution in [-0.2, 0) is 9.53 Å². The number of carboxylic acids is 1. The Balaban J connectivity index is 4.44. The first-order valence-corrected chi connectivity index (χ1v) is 5.69. The van der Waals surface area contributed by atoms with Gasteiger partial charge in [-0.05, 0) is 33.6 Å². The van der Waals surface area contributed by atoms with Gasteiger partial charge in [0, 0.05) is 6.54 Å². The van der Waals surface area contributed by atoms with Crippen LogP contribution >= 0.6 is 0 Å². The number of hydrogen-bond donors (Lipinski definition) is 2. The van der Waals surface area contributed by atoms with Gasteiger partial charge in [-0.2, -0.15) is 0 Å². The van der Waals surface area contributed by atoms with Gasteiger partial charge in [-0.15, -0.1) is 0 Å². The van der Waals surface area contributed by atoms with Crippen molar-refractivity contribution in [3.63, 3.8) is 0 Å². The minimum atomic E-state index is -0.989. The standard InChI is InChI=1S/C12H23NO4/c1-8(2)12(6,9(14)15)7-13-10(16)17-11(3,4)5/h8H,7H2,1-6H3,(H,13,16)(H,14,15). The highest BCUT2D eigenvalue weighted by molar-refractivity contribution is 5.76. The largest absolute Gasteiger partial charge is 0.481 e. The number of alkyl carbamates (subject to hydrolysis) is 1. The molecule has 0 aromatic carbocycles. The van der Waals surface area contributed by atoms with E-state index in [9.17, 15) is 9.59 Å². The van der Waals surface area contributed by atoms with Gasteiger partial charge in [0.1, 0.15) is 5.60 Å². The summed E-state index contributed by atoms with van der Waals surface area (Å²) in [6.07, 6.45) is -0.592. The van der Waals surface area contributed by atoms with Gasteiger partial charge in [0.2, 0.25) is 0 Å². The Bertz CT molecular complexity index is 293. The van der Waals surface area contributed by atoms with E-state index in [-0.39, 0.29) is 12.5 Å². The molecule has 0 saturated carbocycles. The van der Waals surface area contributed by atoms with Crippen molar-refractivity contribution in [2.75, 3.05) is 6.54 Å². The van der Waals surface area contributed by atoms with Gasteiger partial charge < -0.3 is 15.2 Å². The second kappa shape index (κ2) is 5.38. The molecule has 0 fully saturated rings. The van der Waals surface area contributed by atoms with Crippen LogP contribution in [0.1, 0.15) is 41.5 Å². The minimum Gasteiger partial charge on any atom is -0.481 e. The van der Waals surface area contributed by atoms with Crippen molar-refractivity contribution < 1.29 is 19.4 Å². The molecule has 100 valence electrons. The molecule has 5 nitrogen and oxygen atoms in total. The molecule has 0 bridgehead atoms. The maximum Gasteiger partial charge on any atom is 0.407 e. The lowest BCUT2D eigenvalue weighted by atomic mass is 9.79. The van der Waals surface area contributed by atoms with E-state index in [0.29, 0.717) is 0 Å². The third kappa shape index (κ3) is 5.06. The number of rotatable bonds is 4. The Morgan fingerprint density at radius 1 is 1.24 bits per heavy atom. The lowest BCUT2D eigenvalue weighted by Crippen LogP contribution is -2.45. The number of hydrogen-bond acceptors (Lipinski definition) is 3. The Morgan fingerprint density at radius 3 is 2.00 bits per heavy atom. The molecule has 5 heteroatoms. The summed E-state index contributed by atoms with van der Waals surface area (Å²) in [4.78, 5) is 22.6. The Kier molecular flexibility index (Phi) is 4.98. The van der Waals surface area contributed by atoms with Gasteiger partial charge in [0.25, 0.3) is 0 Å². The highest BCUT2D eigenvalue weighted by Crippen LogP contribution is 2.26. The molecule has 0 saturated heterocycles. The second-order valence-electron chi connectivity index (χ2n) is 5.73. The van der Waals surface area contributed by atoms with Gasteiger partial charge in [0.15, 0.2) is 0 Å². The van der Waals surface area contributed by atoms with Crippen molar-refractivity contribution in [1.29, 1.82) is 0 Å². The fraction of sp³-hybridized carbons (Fsp3) is 0.833. The number of carbonyl (C=O) groups is 2. The van der Waals surface area contributed by atoms with E-state index in [4.69, 9.17) is 9.84 Å². The summed E-state index contributed by atoms with van der Waals surface area (Å²) in [6.45, 7) is 10.5. The van der Waals surface area contributed by atoms with Crippen molar-refractivity contribution in [3.05, 3.63) is 0 Å². The van der Waals surface area contributed by atoms with E-state index < -0.39 is 23.1 Å². The van der Waals surface area contributed by atoms with Crippen molar-refractivity contribution in [2.45, 2.75) is 47.1 Å². The molecule has 1 atom stereocenters. The van der Waals surface area contributed by atoms with E-state index in [1.165, 1.54) is 0 Å². The summed E-state index contributed by atoms with van der Waals surface area (Å²) < 4.78 is 5.05. The average Bonchev–Trinajstić information content (AvgIpc) is 2.10. The van der Waals surface area contributed by atoms with Crippen molar-refractivity contribution >= 4 is 12.1 Å². The molecular weight excluding hydrogens is 222 g/mol. The zero-order chi connectivity index (χ0) is 13.9. The third-order valence-electron chi connectivity index (χ3n) is 2.76. The molecule has 1 amide bonds. The SMILES string of the molecule is CC(C)C(C)(CNC(=O)OC(C)(C)C)C(=O)O. The highest BCUT2D eigenvalue weighted by atomic mass is 16.6. The van der Waals surface area contributed by atoms with E-state index in [0.717, 1.165) is 0 Å². The first-order valence-electron chi connectivity index (χ1n) is 5.69. The number of carboxylic acid groups (broad SMARTS) is 1. The maximum atomic E-state index is 11.4. The number of carbonyl (C=O) groups excluding carboxylic acids is 1. The summed E-state index contributed by atoms with van der Waals surface area (Å²) in [7, 11) is 0. The summed E-state index contributed by atoms with van der Waals surface area (Å²) in [5, 5.41) is 11.7. The van der Waals surface area contributed by atoms with Gasteiger partial charge in [-0.25, -0.2) is 4.79 Å². The minimum absolute atomic E-state index is 0.0505. The summed E-state index contributed by atoms with van der Waals surface area (Å²) in [6, 6.07) is 0. The maximum absolute atomic E-state index is 11.4. The molecule has 0 rings (SSSR count). The van der Waals surface area contributed by atoms with Crippen molar-refractivity contribution in [1.82, 2.24) is 5.32 Å². The van der Waals surface area contributed by atoms with E-state index >= 15 is 0 Å². The van der Waals surface area contributed by atoms with Gasteiger partial charge in [-0.3, -0.25) is 4.79 Å². The topological polar surface area (TPSA) is 75.6 Å². The fourth-order valence-electron chi connectivity index (χ4n) is 1.10. The van der Waals surface area contributed by atoms with Crippen LogP contribution in [0.5, 0.6) is 0 Å². The molecule has 0 radical (unpaired) electrons.